The number of carbonyl (C=O) groups is 2. The van der Waals surface area contributed by atoms with Crippen LogP contribution >= 0.6 is 0 Å². The highest BCUT2D eigenvalue weighted by Crippen LogP contribution is 2.24. The molecule has 5 nitrogen and oxygen atoms in total. The maximum absolute atomic E-state index is 12.6. The number of amides is 1. The Bertz CT molecular complexity index is 729. The number of nitrogens with zero attached hydrogens (tertiary/aromatic N) is 1. The second-order valence-electron chi connectivity index (χ2n) is 5.87. The van der Waals surface area contributed by atoms with Gasteiger partial charge in [0.1, 0.15) is 6.04 Å². The van der Waals surface area contributed by atoms with Crippen LogP contribution in [0.1, 0.15) is 36.2 Å². The zero-order valence-electron chi connectivity index (χ0n) is 14.1. The average molecular weight is 326 g/mol. The number of hydrogen-bond donors (Lipinski definition) is 2. The molecule has 0 saturated heterocycles. The smallest absolute Gasteiger partial charge is 0.326 e. The van der Waals surface area contributed by atoms with Crippen LogP contribution in [0.5, 0.6) is 0 Å². The summed E-state index contributed by atoms with van der Waals surface area (Å²) in [6, 6.07) is 10.1. The van der Waals surface area contributed by atoms with Crippen LogP contribution in [0.3, 0.4) is 0 Å². The highest BCUT2D eigenvalue weighted by Gasteiger charge is 2.26. The van der Waals surface area contributed by atoms with Crippen molar-refractivity contribution in [1.82, 2.24) is 10.3 Å². The van der Waals surface area contributed by atoms with Gasteiger partial charge in [0.05, 0.1) is 5.69 Å². The molecule has 0 aliphatic carbocycles. The average Bonchev–Trinajstić information content (AvgIpc) is 2.59. The summed E-state index contributed by atoms with van der Waals surface area (Å²) in [5.41, 5.74) is 2.88. The van der Waals surface area contributed by atoms with Gasteiger partial charge in [0.25, 0.3) is 5.91 Å². The third-order valence-corrected chi connectivity index (χ3v) is 4.28. The Hall–Kier alpha value is -2.69. The zero-order valence-corrected chi connectivity index (χ0v) is 14.1. The van der Waals surface area contributed by atoms with E-state index in [1.54, 1.807) is 18.3 Å². The van der Waals surface area contributed by atoms with E-state index in [1.807, 2.05) is 45.0 Å². The van der Waals surface area contributed by atoms with Gasteiger partial charge in [-0.15, -0.1) is 0 Å². The van der Waals surface area contributed by atoms with E-state index in [0.29, 0.717) is 12.0 Å². The van der Waals surface area contributed by atoms with Gasteiger partial charge < -0.3 is 10.4 Å². The van der Waals surface area contributed by atoms with E-state index >= 15 is 0 Å². The molecule has 1 aromatic carbocycles. The summed E-state index contributed by atoms with van der Waals surface area (Å²) >= 11 is 0. The largest absolute Gasteiger partial charge is 0.480 e. The molecule has 0 fully saturated rings. The summed E-state index contributed by atoms with van der Waals surface area (Å²) in [5, 5.41) is 12.0. The van der Waals surface area contributed by atoms with Gasteiger partial charge in [0.15, 0.2) is 0 Å². The van der Waals surface area contributed by atoms with Gasteiger partial charge in [-0.25, -0.2) is 4.79 Å². The first kappa shape index (κ1) is 17.7. The predicted molar refractivity (Wildman–Crippen MR) is 92.8 cm³/mol. The Morgan fingerprint density at radius 3 is 2.54 bits per heavy atom. The number of hydrogen-bond acceptors (Lipinski definition) is 3. The topological polar surface area (TPSA) is 79.3 Å². The molecular weight excluding hydrogens is 304 g/mol. The van der Waals surface area contributed by atoms with Crippen molar-refractivity contribution in [2.24, 2.45) is 5.92 Å². The van der Waals surface area contributed by atoms with Gasteiger partial charge >= 0.3 is 5.97 Å². The maximum atomic E-state index is 12.6. The number of aliphatic carboxylic acids is 1. The highest BCUT2D eigenvalue weighted by molar-refractivity contribution is 5.99. The number of carbonyl (C=O) groups excluding carboxylic acids is 1. The highest BCUT2D eigenvalue weighted by atomic mass is 16.4. The van der Waals surface area contributed by atoms with Crippen molar-refractivity contribution in [3.8, 4) is 11.3 Å². The number of pyridine rings is 1. The third kappa shape index (κ3) is 3.79. The summed E-state index contributed by atoms with van der Waals surface area (Å²) in [4.78, 5) is 28.3. The van der Waals surface area contributed by atoms with E-state index in [-0.39, 0.29) is 11.8 Å². The van der Waals surface area contributed by atoms with Gasteiger partial charge in [0.2, 0.25) is 0 Å². The van der Waals surface area contributed by atoms with Crippen molar-refractivity contribution in [2.75, 3.05) is 0 Å². The lowest BCUT2D eigenvalue weighted by Crippen LogP contribution is -2.45. The fraction of sp³-hybridized carbons (Fsp3) is 0.316. The Kier molecular flexibility index (Phi) is 5.68. The molecule has 2 N–H and O–H groups in total. The molecule has 0 saturated carbocycles. The molecule has 5 heteroatoms. The van der Waals surface area contributed by atoms with Crippen molar-refractivity contribution < 1.29 is 14.7 Å². The van der Waals surface area contributed by atoms with Crippen molar-refractivity contribution in [1.29, 1.82) is 0 Å². The van der Waals surface area contributed by atoms with Crippen LogP contribution < -0.4 is 5.32 Å². The van der Waals surface area contributed by atoms with Crippen molar-refractivity contribution in [2.45, 2.75) is 33.2 Å². The van der Waals surface area contributed by atoms with Crippen LogP contribution in [0.15, 0.2) is 42.6 Å². The number of nitrogens with one attached hydrogen (secondary N) is 1. The van der Waals surface area contributed by atoms with Crippen LogP contribution in [-0.2, 0) is 4.79 Å². The fourth-order valence-electron chi connectivity index (χ4n) is 2.58. The first-order valence-electron chi connectivity index (χ1n) is 8.00. The van der Waals surface area contributed by atoms with Crippen LogP contribution in [0, 0.1) is 12.8 Å². The normalized spacial score (nSPS) is 13.1. The SMILES string of the molecule is CC[C@H](C)[C@H](NC(=O)c1cccc(-c2ccccn2)c1C)C(=O)O. The lowest BCUT2D eigenvalue weighted by Gasteiger charge is -2.21. The van der Waals surface area contributed by atoms with Crippen LogP contribution in [0.4, 0.5) is 0 Å². The fourth-order valence-corrected chi connectivity index (χ4v) is 2.58. The Labute approximate surface area is 141 Å². The summed E-state index contributed by atoms with van der Waals surface area (Å²) in [5.74, 6) is -1.54. The van der Waals surface area contributed by atoms with Gasteiger partial charge in [-0.3, -0.25) is 9.78 Å². The molecule has 2 atom stereocenters. The van der Waals surface area contributed by atoms with E-state index in [4.69, 9.17) is 0 Å². The summed E-state index contributed by atoms with van der Waals surface area (Å²) in [6.45, 7) is 5.56. The number of aromatic nitrogens is 1. The molecule has 1 heterocycles. The van der Waals surface area contributed by atoms with Gasteiger partial charge in [-0.05, 0) is 36.6 Å². The van der Waals surface area contributed by atoms with E-state index in [2.05, 4.69) is 10.3 Å². The van der Waals surface area contributed by atoms with E-state index < -0.39 is 12.0 Å². The minimum absolute atomic E-state index is 0.147. The minimum atomic E-state index is -1.02. The molecule has 2 aromatic rings. The molecule has 0 bridgehead atoms. The molecule has 1 aromatic heterocycles. The molecule has 0 radical (unpaired) electrons. The molecular formula is C19H22N2O3. The van der Waals surface area contributed by atoms with Crippen LogP contribution in [0.2, 0.25) is 0 Å². The van der Waals surface area contributed by atoms with E-state index in [1.165, 1.54) is 0 Å². The summed E-state index contributed by atoms with van der Waals surface area (Å²) in [7, 11) is 0. The first-order chi connectivity index (χ1) is 11.5. The molecule has 2 rings (SSSR count). The van der Waals surface area contributed by atoms with Crippen LogP contribution in [0.25, 0.3) is 11.3 Å². The Morgan fingerprint density at radius 2 is 1.96 bits per heavy atom. The van der Waals surface area contributed by atoms with Crippen molar-refractivity contribution in [3.63, 3.8) is 0 Å². The minimum Gasteiger partial charge on any atom is -0.480 e. The van der Waals surface area contributed by atoms with Gasteiger partial charge in [0, 0.05) is 17.3 Å². The molecule has 0 spiro atoms. The van der Waals surface area contributed by atoms with Gasteiger partial charge in [-0.2, -0.15) is 0 Å². The molecule has 0 aliphatic rings. The maximum Gasteiger partial charge on any atom is 0.326 e. The number of rotatable bonds is 6. The second-order valence-corrected chi connectivity index (χ2v) is 5.87. The molecule has 0 aliphatic heterocycles. The molecule has 24 heavy (non-hydrogen) atoms. The van der Waals surface area contributed by atoms with Crippen molar-refractivity contribution >= 4 is 11.9 Å². The molecule has 126 valence electrons. The number of carboxylic acid groups (broad SMARTS) is 1. The predicted octanol–water partition coefficient (Wildman–Crippen LogP) is 3.29. The first-order valence-corrected chi connectivity index (χ1v) is 8.00. The van der Waals surface area contributed by atoms with E-state index in [0.717, 1.165) is 16.8 Å². The molecule has 1 amide bonds. The number of benzene rings is 1. The Balaban J connectivity index is 2.32. The lowest BCUT2D eigenvalue weighted by molar-refractivity contribution is -0.140. The second kappa shape index (κ2) is 7.73. The molecule has 0 unspecified atom stereocenters. The summed E-state index contributed by atoms with van der Waals surface area (Å²) < 4.78 is 0. The Morgan fingerprint density at radius 1 is 1.21 bits per heavy atom. The van der Waals surface area contributed by atoms with Crippen LogP contribution in [-0.4, -0.2) is 28.0 Å². The van der Waals surface area contributed by atoms with E-state index in [9.17, 15) is 14.7 Å². The van der Waals surface area contributed by atoms with Crippen molar-refractivity contribution in [3.05, 3.63) is 53.7 Å². The zero-order chi connectivity index (χ0) is 17.7. The van der Waals surface area contributed by atoms with Gasteiger partial charge in [-0.1, -0.05) is 38.5 Å². The summed E-state index contributed by atoms with van der Waals surface area (Å²) in [6.07, 6.45) is 2.37. The third-order valence-electron chi connectivity index (χ3n) is 4.28. The monoisotopic (exact) mass is 326 g/mol. The quantitative estimate of drug-likeness (QED) is 0.854. The standard InChI is InChI=1S/C19H22N2O3/c1-4-12(2)17(19(23)24)21-18(22)15-9-7-8-14(13(15)3)16-10-5-6-11-20-16/h5-12,17H,4H2,1-3H3,(H,21,22)(H,23,24)/t12-,17-/m0/s1. The lowest BCUT2D eigenvalue weighted by atomic mass is 9.96. The number of carboxylic acids is 1.